The zero-order chi connectivity index (χ0) is 10.8. The van der Waals surface area contributed by atoms with E-state index in [-0.39, 0.29) is 24.2 Å². The van der Waals surface area contributed by atoms with Gasteiger partial charge in [-0.05, 0) is 26.7 Å². The molecule has 1 amide bonds. The summed E-state index contributed by atoms with van der Waals surface area (Å²) in [7, 11) is 0. The number of rotatable bonds is 1. The Balaban J connectivity index is 1.93. The number of hydrogen-bond acceptors (Lipinski definition) is 3. The molecule has 2 heterocycles. The standard InChI is InChI=1S/C11H19NO3/c1-8-6-12(7-9(2)15-8)11(13)10-4-3-5-14-10/h8-10H,3-7H2,1-2H3/t8-,9-,10+/m1/s1. The van der Waals surface area contributed by atoms with Crippen molar-refractivity contribution in [3.63, 3.8) is 0 Å². The van der Waals surface area contributed by atoms with Gasteiger partial charge < -0.3 is 14.4 Å². The van der Waals surface area contributed by atoms with Crippen molar-refractivity contribution < 1.29 is 14.3 Å². The van der Waals surface area contributed by atoms with Crippen molar-refractivity contribution >= 4 is 5.91 Å². The fourth-order valence-corrected chi connectivity index (χ4v) is 2.33. The molecule has 0 bridgehead atoms. The van der Waals surface area contributed by atoms with Crippen LogP contribution in [0.1, 0.15) is 26.7 Å². The van der Waals surface area contributed by atoms with E-state index in [1.54, 1.807) is 0 Å². The molecule has 2 fully saturated rings. The lowest BCUT2D eigenvalue weighted by molar-refractivity contribution is -0.152. The van der Waals surface area contributed by atoms with Crippen LogP contribution in [0.5, 0.6) is 0 Å². The second-order valence-electron chi connectivity index (χ2n) is 4.50. The first kappa shape index (κ1) is 10.9. The molecule has 0 unspecified atom stereocenters. The lowest BCUT2D eigenvalue weighted by Crippen LogP contribution is -2.51. The Hall–Kier alpha value is -0.610. The number of morpholine rings is 1. The van der Waals surface area contributed by atoms with Crippen molar-refractivity contribution in [2.75, 3.05) is 19.7 Å². The van der Waals surface area contributed by atoms with Gasteiger partial charge in [-0.15, -0.1) is 0 Å². The van der Waals surface area contributed by atoms with Crippen molar-refractivity contribution in [1.82, 2.24) is 4.90 Å². The Morgan fingerprint density at radius 2 is 1.93 bits per heavy atom. The number of nitrogens with zero attached hydrogens (tertiary/aromatic N) is 1. The number of ether oxygens (including phenoxy) is 2. The minimum absolute atomic E-state index is 0.138. The van der Waals surface area contributed by atoms with Crippen LogP contribution in [0.25, 0.3) is 0 Å². The maximum absolute atomic E-state index is 12.0. The van der Waals surface area contributed by atoms with E-state index in [1.807, 2.05) is 18.7 Å². The molecule has 3 atom stereocenters. The zero-order valence-corrected chi connectivity index (χ0v) is 9.44. The fourth-order valence-electron chi connectivity index (χ4n) is 2.33. The molecule has 0 aliphatic carbocycles. The molecule has 2 aliphatic rings. The van der Waals surface area contributed by atoms with E-state index in [4.69, 9.17) is 9.47 Å². The number of carbonyl (C=O) groups is 1. The summed E-state index contributed by atoms with van der Waals surface area (Å²) in [5, 5.41) is 0. The van der Waals surface area contributed by atoms with Crippen molar-refractivity contribution in [1.29, 1.82) is 0 Å². The van der Waals surface area contributed by atoms with Gasteiger partial charge in [-0.3, -0.25) is 4.79 Å². The molecule has 0 spiro atoms. The summed E-state index contributed by atoms with van der Waals surface area (Å²) in [6.45, 7) is 6.13. The van der Waals surface area contributed by atoms with Gasteiger partial charge in [0.2, 0.25) is 0 Å². The van der Waals surface area contributed by atoms with Crippen LogP contribution in [0.3, 0.4) is 0 Å². The van der Waals surface area contributed by atoms with Gasteiger partial charge in [0.05, 0.1) is 12.2 Å². The van der Waals surface area contributed by atoms with Gasteiger partial charge in [0.25, 0.3) is 5.91 Å². The number of carbonyl (C=O) groups excluding carboxylic acids is 1. The summed E-state index contributed by atoms with van der Waals surface area (Å²) < 4.78 is 11.0. The molecule has 2 rings (SSSR count). The molecule has 4 nitrogen and oxygen atoms in total. The van der Waals surface area contributed by atoms with Crippen molar-refractivity contribution in [2.24, 2.45) is 0 Å². The first-order valence-electron chi connectivity index (χ1n) is 5.72. The minimum atomic E-state index is -0.192. The van der Waals surface area contributed by atoms with Crippen LogP contribution in [0.4, 0.5) is 0 Å². The normalized spacial score (nSPS) is 36.9. The Morgan fingerprint density at radius 1 is 1.27 bits per heavy atom. The Morgan fingerprint density at radius 3 is 2.47 bits per heavy atom. The van der Waals surface area contributed by atoms with Crippen molar-refractivity contribution in [3.05, 3.63) is 0 Å². The molecule has 0 aromatic heterocycles. The summed E-state index contributed by atoms with van der Waals surface area (Å²) in [6.07, 6.45) is 1.96. The molecule has 0 saturated carbocycles. The topological polar surface area (TPSA) is 38.8 Å². The highest BCUT2D eigenvalue weighted by molar-refractivity contribution is 5.81. The molecule has 86 valence electrons. The third-order valence-electron chi connectivity index (χ3n) is 2.94. The van der Waals surface area contributed by atoms with E-state index in [9.17, 15) is 4.79 Å². The highest BCUT2D eigenvalue weighted by Gasteiger charge is 2.32. The fraction of sp³-hybridized carbons (Fsp3) is 0.909. The molecule has 0 radical (unpaired) electrons. The van der Waals surface area contributed by atoms with E-state index < -0.39 is 0 Å². The SMILES string of the molecule is C[C@@H]1CN(C(=O)[C@@H]2CCCO2)C[C@@H](C)O1. The second-order valence-corrected chi connectivity index (χ2v) is 4.50. The number of hydrogen-bond donors (Lipinski definition) is 0. The Bertz CT molecular complexity index is 228. The Labute approximate surface area is 90.5 Å². The van der Waals surface area contributed by atoms with Crippen molar-refractivity contribution in [3.8, 4) is 0 Å². The molecule has 2 aliphatic heterocycles. The zero-order valence-electron chi connectivity index (χ0n) is 9.44. The van der Waals surface area contributed by atoms with Crippen molar-refractivity contribution in [2.45, 2.75) is 45.0 Å². The molecule has 0 N–H and O–H groups in total. The lowest BCUT2D eigenvalue weighted by Gasteiger charge is -2.36. The van der Waals surface area contributed by atoms with Crippen LogP contribution in [0, 0.1) is 0 Å². The van der Waals surface area contributed by atoms with Crippen LogP contribution in [-0.2, 0) is 14.3 Å². The van der Waals surface area contributed by atoms with E-state index >= 15 is 0 Å². The van der Waals surface area contributed by atoms with E-state index in [1.165, 1.54) is 0 Å². The van der Waals surface area contributed by atoms with Crippen LogP contribution in [0.15, 0.2) is 0 Å². The predicted octanol–water partition coefficient (Wildman–Crippen LogP) is 0.801. The second kappa shape index (κ2) is 4.49. The van der Waals surface area contributed by atoms with Gasteiger partial charge in [0.1, 0.15) is 6.10 Å². The highest BCUT2D eigenvalue weighted by Crippen LogP contribution is 2.18. The molecule has 0 aromatic carbocycles. The first-order valence-corrected chi connectivity index (χ1v) is 5.72. The smallest absolute Gasteiger partial charge is 0.251 e. The van der Waals surface area contributed by atoms with Crippen LogP contribution < -0.4 is 0 Å². The van der Waals surface area contributed by atoms with Crippen LogP contribution in [-0.4, -0.2) is 48.8 Å². The maximum Gasteiger partial charge on any atom is 0.251 e. The lowest BCUT2D eigenvalue weighted by atomic mass is 10.1. The molecule has 2 saturated heterocycles. The Kier molecular flexibility index (Phi) is 3.26. The molecular weight excluding hydrogens is 194 g/mol. The summed E-state index contributed by atoms with van der Waals surface area (Å²) in [5.74, 6) is 0.148. The van der Waals surface area contributed by atoms with Gasteiger partial charge >= 0.3 is 0 Å². The third-order valence-corrected chi connectivity index (χ3v) is 2.94. The molecule has 15 heavy (non-hydrogen) atoms. The van der Waals surface area contributed by atoms with Crippen LogP contribution in [0.2, 0.25) is 0 Å². The molecule has 4 heteroatoms. The maximum atomic E-state index is 12.0. The monoisotopic (exact) mass is 213 g/mol. The van der Waals surface area contributed by atoms with Gasteiger partial charge in [-0.1, -0.05) is 0 Å². The summed E-state index contributed by atoms with van der Waals surface area (Å²) in [4.78, 5) is 13.9. The average Bonchev–Trinajstić information content (AvgIpc) is 2.67. The predicted molar refractivity (Wildman–Crippen MR) is 55.6 cm³/mol. The summed E-state index contributed by atoms with van der Waals surface area (Å²) in [5.41, 5.74) is 0. The van der Waals surface area contributed by atoms with E-state index in [0.717, 1.165) is 19.4 Å². The van der Waals surface area contributed by atoms with Gasteiger partial charge in [-0.25, -0.2) is 0 Å². The third kappa shape index (κ3) is 2.49. The highest BCUT2D eigenvalue weighted by atomic mass is 16.5. The van der Waals surface area contributed by atoms with E-state index in [2.05, 4.69) is 0 Å². The van der Waals surface area contributed by atoms with Crippen LogP contribution >= 0.6 is 0 Å². The summed E-state index contributed by atoms with van der Waals surface area (Å²) >= 11 is 0. The van der Waals surface area contributed by atoms with Gasteiger partial charge in [-0.2, -0.15) is 0 Å². The largest absolute Gasteiger partial charge is 0.372 e. The molecule has 0 aromatic rings. The molecular formula is C11H19NO3. The van der Waals surface area contributed by atoms with E-state index in [0.29, 0.717) is 13.1 Å². The van der Waals surface area contributed by atoms with Gasteiger partial charge in [0.15, 0.2) is 0 Å². The average molecular weight is 213 g/mol. The first-order chi connectivity index (χ1) is 7.16. The van der Waals surface area contributed by atoms with Gasteiger partial charge in [0, 0.05) is 19.7 Å². The quantitative estimate of drug-likeness (QED) is 0.646. The minimum Gasteiger partial charge on any atom is -0.372 e. The number of amides is 1. The summed E-state index contributed by atoms with van der Waals surface area (Å²) in [6, 6.07) is 0.